The number of likely N-dealkylation sites (tertiary alicyclic amines) is 1. The van der Waals surface area contributed by atoms with Crippen LogP contribution in [0.1, 0.15) is 29.0 Å². The van der Waals surface area contributed by atoms with Crippen LogP contribution in [0, 0.1) is 30.2 Å². The monoisotopic (exact) mass is 483 g/mol. The van der Waals surface area contributed by atoms with Gasteiger partial charge in [-0.3, -0.25) is 4.90 Å². The van der Waals surface area contributed by atoms with Crippen molar-refractivity contribution in [1.82, 2.24) is 10.1 Å². The molecular formula is C22H21F4N3O3S. The molecule has 1 fully saturated rings. The first-order valence-corrected chi connectivity index (χ1v) is 11.9. The number of rotatable bonds is 8. The van der Waals surface area contributed by atoms with Crippen molar-refractivity contribution in [2.45, 2.75) is 37.1 Å². The van der Waals surface area contributed by atoms with Crippen LogP contribution < -0.4 is 5.32 Å². The highest BCUT2D eigenvalue weighted by Gasteiger charge is 2.27. The standard InChI is InChI=1S/C22H21F4N3O3S/c1-13-7-15(28-32-13)12-33(30,31)22-20(25)8-14(9-21(22)26)27-10-16-17(11-29-5-2-6-29)19(24)4-3-18(16)23/h3-4,7-9,27H,2,5-6,10-12H2,1H3. The van der Waals surface area contributed by atoms with Crippen molar-refractivity contribution in [2.75, 3.05) is 18.4 Å². The van der Waals surface area contributed by atoms with Crippen LogP contribution in [0.3, 0.4) is 0 Å². The molecule has 0 radical (unpaired) electrons. The molecule has 11 heteroatoms. The second-order valence-electron chi connectivity index (χ2n) is 7.93. The van der Waals surface area contributed by atoms with Gasteiger partial charge in [0.05, 0.1) is 5.69 Å². The average Bonchev–Trinajstić information content (AvgIpc) is 3.09. The van der Waals surface area contributed by atoms with E-state index in [1.165, 1.54) is 6.07 Å². The lowest BCUT2D eigenvalue weighted by Gasteiger charge is -2.31. The van der Waals surface area contributed by atoms with Crippen LogP contribution in [-0.4, -0.2) is 31.6 Å². The van der Waals surface area contributed by atoms with Gasteiger partial charge in [0.2, 0.25) is 0 Å². The molecule has 2 heterocycles. The molecule has 0 atom stereocenters. The van der Waals surface area contributed by atoms with Crippen molar-refractivity contribution < 1.29 is 30.5 Å². The van der Waals surface area contributed by atoms with Gasteiger partial charge in [-0.25, -0.2) is 26.0 Å². The number of benzene rings is 2. The Morgan fingerprint density at radius 2 is 1.64 bits per heavy atom. The number of anilines is 1. The Labute approximate surface area is 188 Å². The Morgan fingerprint density at radius 3 is 2.18 bits per heavy atom. The van der Waals surface area contributed by atoms with Crippen molar-refractivity contribution >= 4 is 15.5 Å². The van der Waals surface area contributed by atoms with Gasteiger partial charge < -0.3 is 9.84 Å². The summed E-state index contributed by atoms with van der Waals surface area (Å²) in [5, 5.41) is 6.20. The molecule has 2 aromatic carbocycles. The van der Waals surface area contributed by atoms with E-state index in [4.69, 9.17) is 4.52 Å². The van der Waals surface area contributed by atoms with Crippen molar-refractivity contribution in [1.29, 1.82) is 0 Å². The minimum Gasteiger partial charge on any atom is -0.381 e. The fourth-order valence-corrected chi connectivity index (χ4v) is 5.05. The predicted molar refractivity (Wildman–Crippen MR) is 112 cm³/mol. The Balaban J connectivity index is 1.55. The molecule has 0 amide bonds. The molecular weight excluding hydrogens is 462 g/mol. The van der Waals surface area contributed by atoms with Crippen LogP contribution in [0.4, 0.5) is 23.2 Å². The molecule has 1 aromatic heterocycles. The molecule has 33 heavy (non-hydrogen) atoms. The third kappa shape index (κ3) is 5.03. The Bertz CT molecular complexity index is 1270. The summed E-state index contributed by atoms with van der Waals surface area (Å²) in [5.74, 6) is -4.21. The van der Waals surface area contributed by atoms with Crippen molar-refractivity contribution in [3.63, 3.8) is 0 Å². The molecule has 1 saturated heterocycles. The van der Waals surface area contributed by atoms with E-state index in [0.717, 1.165) is 43.8 Å². The van der Waals surface area contributed by atoms with Crippen LogP contribution >= 0.6 is 0 Å². The number of nitrogens with one attached hydrogen (secondary N) is 1. The Morgan fingerprint density at radius 1 is 1.00 bits per heavy atom. The van der Waals surface area contributed by atoms with Gasteiger partial charge in [-0.1, -0.05) is 5.16 Å². The number of hydrogen-bond donors (Lipinski definition) is 1. The zero-order chi connectivity index (χ0) is 23.8. The van der Waals surface area contributed by atoms with Crippen molar-refractivity contribution in [3.8, 4) is 0 Å². The molecule has 6 nitrogen and oxygen atoms in total. The van der Waals surface area contributed by atoms with Crippen molar-refractivity contribution in [3.05, 3.63) is 76.2 Å². The third-order valence-corrected chi connectivity index (χ3v) is 7.13. The number of aryl methyl sites for hydroxylation is 1. The minimum atomic E-state index is -4.39. The molecule has 3 aromatic rings. The number of nitrogens with zero attached hydrogens (tertiary/aromatic N) is 2. The Kier molecular flexibility index (Phi) is 6.44. The van der Waals surface area contributed by atoms with E-state index in [2.05, 4.69) is 10.5 Å². The summed E-state index contributed by atoms with van der Waals surface area (Å²) in [4.78, 5) is 0.862. The first-order chi connectivity index (χ1) is 15.6. The number of sulfone groups is 1. The fraction of sp³-hybridized carbons (Fsp3) is 0.318. The van der Waals surface area contributed by atoms with Gasteiger partial charge in [0.15, 0.2) is 9.84 Å². The second-order valence-corrected chi connectivity index (χ2v) is 9.85. The van der Waals surface area contributed by atoms with Gasteiger partial charge in [0.1, 0.15) is 39.7 Å². The molecule has 0 bridgehead atoms. The maximum atomic E-state index is 14.6. The Hall–Kier alpha value is -2.92. The summed E-state index contributed by atoms with van der Waals surface area (Å²) < 4.78 is 87.9. The lowest BCUT2D eigenvalue weighted by Crippen LogP contribution is -2.37. The first kappa shape index (κ1) is 23.2. The normalized spacial score (nSPS) is 14.3. The summed E-state index contributed by atoms with van der Waals surface area (Å²) >= 11 is 0. The topological polar surface area (TPSA) is 75.4 Å². The van der Waals surface area contributed by atoms with Crippen molar-refractivity contribution in [2.24, 2.45) is 0 Å². The zero-order valence-electron chi connectivity index (χ0n) is 17.7. The maximum absolute atomic E-state index is 14.6. The summed E-state index contributed by atoms with van der Waals surface area (Å²) in [7, 11) is -4.39. The predicted octanol–water partition coefficient (Wildman–Crippen LogP) is 4.33. The van der Waals surface area contributed by atoms with E-state index >= 15 is 0 Å². The molecule has 0 saturated carbocycles. The molecule has 0 aliphatic carbocycles. The zero-order valence-corrected chi connectivity index (χ0v) is 18.5. The van der Waals surface area contributed by atoms with E-state index in [0.29, 0.717) is 5.76 Å². The summed E-state index contributed by atoms with van der Waals surface area (Å²) in [6.07, 6.45) is 0.981. The quantitative estimate of drug-likeness (QED) is 0.481. The first-order valence-electron chi connectivity index (χ1n) is 10.2. The van der Waals surface area contributed by atoms with Gasteiger partial charge in [-0.2, -0.15) is 0 Å². The van der Waals surface area contributed by atoms with Gasteiger partial charge in [-0.05, 0) is 50.7 Å². The molecule has 0 unspecified atom stereocenters. The molecule has 1 N–H and O–H groups in total. The lowest BCUT2D eigenvalue weighted by atomic mass is 10.0. The second kappa shape index (κ2) is 9.14. The van der Waals surface area contributed by atoms with Crippen LogP contribution in [0.2, 0.25) is 0 Å². The summed E-state index contributed by atoms with van der Waals surface area (Å²) in [6.45, 7) is 3.10. The van der Waals surface area contributed by atoms with E-state index < -0.39 is 43.8 Å². The van der Waals surface area contributed by atoms with E-state index in [-0.39, 0.29) is 35.6 Å². The van der Waals surface area contributed by atoms with Gasteiger partial charge in [-0.15, -0.1) is 0 Å². The third-order valence-electron chi connectivity index (χ3n) is 5.44. The van der Waals surface area contributed by atoms with Gasteiger partial charge >= 0.3 is 0 Å². The smallest absolute Gasteiger partial charge is 0.190 e. The summed E-state index contributed by atoms with van der Waals surface area (Å²) in [5.41, 5.74) is 0.121. The highest BCUT2D eigenvalue weighted by molar-refractivity contribution is 7.90. The largest absolute Gasteiger partial charge is 0.381 e. The van der Waals surface area contributed by atoms with Gasteiger partial charge in [0, 0.05) is 36.0 Å². The van der Waals surface area contributed by atoms with E-state index in [9.17, 15) is 26.0 Å². The molecule has 4 rings (SSSR count). The van der Waals surface area contributed by atoms with Crippen LogP contribution in [0.5, 0.6) is 0 Å². The number of hydrogen-bond acceptors (Lipinski definition) is 6. The highest BCUT2D eigenvalue weighted by atomic mass is 32.2. The van der Waals surface area contributed by atoms with E-state index in [1.807, 2.05) is 4.90 Å². The van der Waals surface area contributed by atoms with Crippen LogP contribution in [0.25, 0.3) is 0 Å². The fourth-order valence-electron chi connectivity index (χ4n) is 3.66. The molecule has 176 valence electrons. The van der Waals surface area contributed by atoms with Crippen LogP contribution in [-0.2, 0) is 28.7 Å². The van der Waals surface area contributed by atoms with Crippen LogP contribution in [0.15, 0.2) is 39.8 Å². The molecule has 0 spiro atoms. The maximum Gasteiger partial charge on any atom is 0.190 e. The highest BCUT2D eigenvalue weighted by Crippen LogP contribution is 2.28. The number of halogens is 4. The molecule has 1 aliphatic heterocycles. The number of aromatic nitrogens is 1. The lowest BCUT2D eigenvalue weighted by molar-refractivity contribution is 0.169. The summed E-state index contributed by atoms with van der Waals surface area (Å²) in [6, 6.07) is 5.00. The minimum absolute atomic E-state index is 0.0183. The average molecular weight is 483 g/mol. The van der Waals surface area contributed by atoms with Gasteiger partial charge in [0.25, 0.3) is 0 Å². The molecule has 1 aliphatic rings. The SMILES string of the molecule is Cc1cc(CS(=O)(=O)c2c(F)cc(NCc3c(F)ccc(F)c3CN3CCC3)cc2F)no1. The van der Waals surface area contributed by atoms with E-state index in [1.54, 1.807) is 6.92 Å².